The molecule has 1 heterocycles. The highest BCUT2D eigenvalue weighted by Crippen LogP contribution is 2.28. The molecule has 1 aromatic carbocycles. The molecular formula is C17H18Cl2N4O2. The van der Waals surface area contributed by atoms with Crippen molar-refractivity contribution in [3.8, 4) is 5.75 Å². The van der Waals surface area contributed by atoms with Crippen LogP contribution in [0.15, 0.2) is 30.3 Å². The molecule has 25 heavy (non-hydrogen) atoms. The van der Waals surface area contributed by atoms with Crippen LogP contribution in [0.5, 0.6) is 5.75 Å². The molecule has 3 rings (SSSR count). The van der Waals surface area contributed by atoms with Crippen LogP contribution in [0.25, 0.3) is 0 Å². The predicted molar refractivity (Wildman–Crippen MR) is 97.0 cm³/mol. The summed E-state index contributed by atoms with van der Waals surface area (Å²) in [5.41, 5.74) is 6.49. The number of hydrogen-bond acceptors (Lipinski definition) is 5. The lowest BCUT2D eigenvalue weighted by atomic mass is 9.93. The van der Waals surface area contributed by atoms with Crippen molar-refractivity contribution in [3.63, 3.8) is 0 Å². The highest BCUT2D eigenvalue weighted by atomic mass is 35.5. The third kappa shape index (κ3) is 4.74. The molecule has 0 atom stereocenters. The number of nitrogen functional groups attached to an aromatic ring is 1. The third-order valence-corrected chi connectivity index (χ3v) is 4.68. The van der Waals surface area contributed by atoms with Crippen LogP contribution in [0.2, 0.25) is 10.2 Å². The standard InChI is InChI=1S/C17H18Cl2N4O2/c18-13-9-12(5-6-14(13)20)25-11-3-1-10(2-4-11)21-17(24)15-7-8-16(19)23-22-15/h5-11H,1-4,20H2,(H,21,24). The van der Waals surface area contributed by atoms with Crippen LogP contribution in [-0.4, -0.2) is 28.3 Å². The van der Waals surface area contributed by atoms with E-state index in [-0.39, 0.29) is 28.9 Å². The summed E-state index contributed by atoms with van der Waals surface area (Å²) in [5, 5.41) is 11.2. The van der Waals surface area contributed by atoms with Crippen molar-refractivity contribution in [3.05, 3.63) is 46.2 Å². The molecule has 1 aliphatic rings. The monoisotopic (exact) mass is 380 g/mol. The number of hydrogen-bond donors (Lipinski definition) is 2. The summed E-state index contributed by atoms with van der Waals surface area (Å²) in [6.45, 7) is 0. The van der Waals surface area contributed by atoms with Crippen LogP contribution in [0.3, 0.4) is 0 Å². The fraction of sp³-hybridized carbons (Fsp3) is 0.353. The van der Waals surface area contributed by atoms with Crippen molar-refractivity contribution < 1.29 is 9.53 Å². The maximum absolute atomic E-state index is 12.2. The Balaban J connectivity index is 1.49. The van der Waals surface area contributed by atoms with Crippen molar-refractivity contribution >= 4 is 34.8 Å². The van der Waals surface area contributed by atoms with E-state index in [0.717, 1.165) is 25.7 Å². The van der Waals surface area contributed by atoms with Gasteiger partial charge >= 0.3 is 0 Å². The Labute approximate surface area is 155 Å². The second-order valence-corrected chi connectivity index (χ2v) is 6.78. The number of aromatic nitrogens is 2. The normalized spacial score (nSPS) is 20.1. The van der Waals surface area contributed by atoms with E-state index >= 15 is 0 Å². The lowest BCUT2D eigenvalue weighted by Gasteiger charge is -2.29. The van der Waals surface area contributed by atoms with Gasteiger partial charge in [0.05, 0.1) is 16.8 Å². The second-order valence-electron chi connectivity index (χ2n) is 5.99. The Morgan fingerprint density at radius 3 is 2.52 bits per heavy atom. The molecule has 0 saturated heterocycles. The molecule has 8 heteroatoms. The molecule has 132 valence electrons. The first-order valence-electron chi connectivity index (χ1n) is 8.03. The number of carbonyl (C=O) groups is 1. The molecule has 1 saturated carbocycles. The number of nitrogens with one attached hydrogen (secondary N) is 1. The van der Waals surface area contributed by atoms with Gasteiger partial charge in [-0.3, -0.25) is 4.79 Å². The highest BCUT2D eigenvalue weighted by Gasteiger charge is 2.24. The van der Waals surface area contributed by atoms with Crippen molar-refractivity contribution in [2.75, 3.05) is 5.73 Å². The Hall–Kier alpha value is -2.05. The molecule has 0 radical (unpaired) electrons. The molecule has 1 amide bonds. The Kier molecular flexibility index (Phi) is 5.60. The van der Waals surface area contributed by atoms with Gasteiger partial charge < -0.3 is 15.8 Å². The quantitative estimate of drug-likeness (QED) is 0.792. The van der Waals surface area contributed by atoms with E-state index in [0.29, 0.717) is 16.5 Å². The summed E-state index contributed by atoms with van der Waals surface area (Å²) in [7, 11) is 0. The van der Waals surface area contributed by atoms with E-state index in [1.165, 1.54) is 0 Å². The Morgan fingerprint density at radius 2 is 1.88 bits per heavy atom. The number of nitrogens with zero attached hydrogens (tertiary/aromatic N) is 2. The number of ether oxygens (including phenoxy) is 1. The minimum atomic E-state index is -0.237. The summed E-state index contributed by atoms with van der Waals surface area (Å²) in [6.07, 6.45) is 3.46. The molecule has 0 unspecified atom stereocenters. The first kappa shape index (κ1) is 17.8. The van der Waals surface area contributed by atoms with Gasteiger partial charge in [0.2, 0.25) is 0 Å². The topological polar surface area (TPSA) is 90.1 Å². The molecule has 0 spiro atoms. The number of carbonyl (C=O) groups excluding carboxylic acids is 1. The number of nitrogens with two attached hydrogens (primary N) is 1. The van der Waals surface area contributed by atoms with E-state index < -0.39 is 0 Å². The molecule has 2 aromatic rings. The average molecular weight is 381 g/mol. The average Bonchev–Trinajstić information content (AvgIpc) is 2.60. The second kappa shape index (κ2) is 7.89. The van der Waals surface area contributed by atoms with E-state index in [9.17, 15) is 4.79 Å². The molecule has 1 fully saturated rings. The van der Waals surface area contributed by atoms with Crippen LogP contribution in [-0.2, 0) is 0 Å². The number of amides is 1. The zero-order valence-electron chi connectivity index (χ0n) is 13.4. The number of halogens is 2. The molecule has 1 aromatic heterocycles. The molecule has 0 aliphatic heterocycles. The first-order valence-corrected chi connectivity index (χ1v) is 8.78. The SMILES string of the molecule is Nc1ccc(OC2CCC(NC(=O)c3ccc(Cl)nn3)CC2)cc1Cl. The molecule has 1 aliphatic carbocycles. The van der Waals surface area contributed by atoms with Gasteiger partial charge in [0.25, 0.3) is 5.91 Å². The van der Waals surface area contributed by atoms with Gasteiger partial charge in [-0.05, 0) is 49.9 Å². The maximum Gasteiger partial charge on any atom is 0.272 e. The summed E-state index contributed by atoms with van der Waals surface area (Å²) in [5.74, 6) is 0.474. The lowest BCUT2D eigenvalue weighted by Crippen LogP contribution is -2.40. The van der Waals surface area contributed by atoms with Crippen molar-refractivity contribution in [1.82, 2.24) is 15.5 Å². The third-order valence-electron chi connectivity index (χ3n) is 4.15. The van der Waals surface area contributed by atoms with Gasteiger partial charge in [0, 0.05) is 12.1 Å². The Morgan fingerprint density at radius 1 is 1.12 bits per heavy atom. The van der Waals surface area contributed by atoms with E-state index in [1.54, 1.807) is 24.3 Å². The van der Waals surface area contributed by atoms with Crippen molar-refractivity contribution in [2.45, 2.75) is 37.8 Å². The minimum absolute atomic E-state index is 0.0971. The first-order chi connectivity index (χ1) is 12.0. The van der Waals surface area contributed by atoms with Gasteiger partial charge in [-0.15, -0.1) is 10.2 Å². The maximum atomic E-state index is 12.2. The largest absolute Gasteiger partial charge is 0.490 e. The van der Waals surface area contributed by atoms with Gasteiger partial charge in [0.15, 0.2) is 10.8 Å². The molecule has 0 bridgehead atoms. The van der Waals surface area contributed by atoms with Gasteiger partial charge in [-0.25, -0.2) is 0 Å². The number of rotatable bonds is 4. The smallest absolute Gasteiger partial charge is 0.272 e. The number of benzene rings is 1. The van der Waals surface area contributed by atoms with Gasteiger partial charge in [-0.2, -0.15) is 0 Å². The zero-order valence-corrected chi connectivity index (χ0v) is 14.9. The van der Waals surface area contributed by atoms with Crippen LogP contribution >= 0.6 is 23.2 Å². The van der Waals surface area contributed by atoms with Gasteiger partial charge in [-0.1, -0.05) is 23.2 Å². The number of anilines is 1. The minimum Gasteiger partial charge on any atom is -0.490 e. The van der Waals surface area contributed by atoms with E-state index in [2.05, 4.69) is 15.5 Å². The summed E-state index contributed by atoms with van der Waals surface area (Å²) in [6, 6.07) is 8.48. The van der Waals surface area contributed by atoms with Crippen LogP contribution in [0.4, 0.5) is 5.69 Å². The van der Waals surface area contributed by atoms with E-state index in [1.807, 2.05) is 6.07 Å². The fourth-order valence-corrected chi connectivity index (χ4v) is 3.07. The summed E-state index contributed by atoms with van der Waals surface area (Å²) >= 11 is 11.7. The van der Waals surface area contributed by atoms with Crippen molar-refractivity contribution in [1.29, 1.82) is 0 Å². The predicted octanol–water partition coefficient (Wildman–Crippen LogP) is 3.49. The van der Waals surface area contributed by atoms with Crippen LogP contribution in [0, 0.1) is 0 Å². The van der Waals surface area contributed by atoms with Gasteiger partial charge in [0.1, 0.15) is 5.75 Å². The van der Waals surface area contributed by atoms with Crippen LogP contribution < -0.4 is 15.8 Å². The lowest BCUT2D eigenvalue weighted by molar-refractivity contribution is 0.0888. The fourth-order valence-electron chi connectivity index (χ4n) is 2.80. The summed E-state index contributed by atoms with van der Waals surface area (Å²) < 4.78 is 5.95. The van der Waals surface area contributed by atoms with Crippen LogP contribution in [0.1, 0.15) is 36.2 Å². The molecule has 3 N–H and O–H groups in total. The van der Waals surface area contributed by atoms with E-state index in [4.69, 9.17) is 33.7 Å². The Bertz CT molecular complexity index is 747. The van der Waals surface area contributed by atoms with Crippen molar-refractivity contribution in [2.24, 2.45) is 0 Å². The molecule has 6 nitrogen and oxygen atoms in total. The highest BCUT2D eigenvalue weighted by molar-refractivity contribution is 6.33. The molecular weight excluding hydrogens is 363 g/mol. The summed E-state index contributed by atoms with van der Waals surface area (Å²) in [4.78, 5) is 12.2. The zero-order chi connectivity index (χ0) is 17.8.